The lowest BCUT2D eigenvalue weighted by atomic mass is 10.1. The Morgan fingerprint density at radius 1 is 1.18 bits per heavy atom. The molecular weight excluding hydrogens is 457 g/mol. The van der Waals surface area contributed by atoms with Gasteiger partial charge in [0.05, 0.1) is 12.1 Å². The first-order valence-electron chi connectivity index (χ1n) is 10.0. The molecule has 0 bridgehead atoms. The third-order valence-electron chi connectivity index (χ3n) is 4.55. The predicted molar refractivity (Wildman–Crippen MR) is 112 cm³/mol. The van der Waals surface area contributed by atoms with Gasteiger partial charge in [-0.25, -0.2) is 9.97 Å². The van der Waals surface area contributed by atoms with Gasteiger partial charge in [-0.15, -0.1) is 0 Å². The first kappa shape index (κ1) is 23.2. The van der Waals surface area contributed by atoms with Crippen LogP contribution in [0.1, 0.15) is 22.0 Å². The average Bonchev–Trinajstić information content (AvgIpc) is 3.43. The molecule has 0 aliphatic heterocycles. The number of benzene rings is 1. The van der Waals surface area contributed by atoms with E-state index in [-0.39, 0.29) is 42.2 Å². The second-order valence-electron chi connectivity index (χ2n) is 7.42. The maximum absolute atomic E-state index is 12.7. The number of amides is 1. The Balaban J connectivity index is 1.33. The minimum absolute atomic E-state index is 0.0328. The number of ether oxygens (including phenoxy) is 1. The number of carbonyl (C=O) groups excluding carboxylic acids is 1. The van der Waals surface area contributed by atoms with Gasteiger partial charge in [-0.05, 0) is 20.2 Å². The van der Waals surface area contributed by atoms with Crippen LogP contribution in [0, 0.1) is 0 Å². The minimum atomic E-state index is -4.74. The molecular formula is C21H19F3N6O4. The Morgan fingerprint density at radius 2 is 1.91 bits per heavy atom. The number of halogens is 3. The zero-order valence-electron chi connectivity index (χ0n) is 18.1. The number of hydrogen-bond donors (Lipinski definition) is 1. The smallest absolute Gasteiger partial charge is 0.462 e. The summed E-state index contributed by atoms with van der Waals surface area (Å²) < 4.78 is 53.0. The molecule has 0 radical (unpaired) electrons. The lowest BCUT2D eigenvalue weighted by molar-refractivity contribution is -0.159. The van der Waals surface area contributed by atoms with Gasteiger partial charge in [-0.2, -0.15) is 18.2 Å². The molecule has 10 nitrogen and oxygen atoms in total. The molecule has 1 amide bonds. The van der Waals surface area contributed by atoms with Gasteiger partial charge in [-0.1, -0.05) is 23.4 Å². The lowest BCUT2D eigenvalue weighted by Crippen LogP contribution is -2.29. The van der Waals surface area contributed by atoms with Crippen LogP contribution in [0.2, 0.25) is 0 Å². The van der Waals surface area contributed by atoms with Crippen molar-refractivity contribution in [3.05, 3.63) is 53.9 Å². The van der Waals surface area contributed by atoms with Crippen molar-refractivity contribution in [3.63, 3.8) is 0 Å². The number of nitrogens with zero attached hydrogens (tertiary/aromatic N) is 5. The van der Waals surface area contributed by atoms with E-state index in [2.05, 4.69) is 29.9 Å². The molecule has 3 heterocycles. The second-order valence-corrected chi connectivity index (χ2v) is 7.42. The number of alkyl halides is 3. The standard InChI is InChI=1S/C21H19F3N6O4/c1-30(2)11-14-13-5-3-4-6-15(13)33-16(14)18(31)25-7-8-32-20-26-9-12(10-27-20)17-28-19(34-29-17)21(22,23)24/h3-6,9-10H,7-8,11H2,1-2H3,(H,25,31). The monoisotopic (exact) mass is 476 g/mol. The zero-order valence-corrected chi connectivity index (χ0v) is 18.1. The molecule has 13 heteroatoms. The Hall–Kier alpha value is -4.00. The van der Waals surface area contributed by atoms with Crippen LogP contribution in [0.4, 0.5) is 13.2 Å². The van der Waals surface area contributed by atoms with E-state index in [9.17, 15) is 18.0 Å². The van der Waals surface area contributed by atoms with Gasteiger partial charge < -0.3 is 23.9 Å². The third kappa shape index (κ3) is 5.14. The normalized spacial score (nSPS) is 11.8. The van der Waals surface area contributed by atoms with E-state index in [0.29, 0.717) is 12.1 Å². The highest BCUT2D eigenvalue weighted by atomic mass is 19.4. The molecule has 0 fully saturated rings. The highest BCUT2D eigenvalue weighted by Gasteiger charge is 2.38. The predicted octanol–water partition coefficient (Wildman–Crippen LogP) is 3.16. The number of carbonyl (C=O) groups is 1. The van der Waals surface area contributed by atoms with Crippen molar-refractivity contribution >= 4 is 16.9 Å². The average molecular weight is 476 g/mol. The van der Waals surface area contributed by atoms with Gasteiger partial charge in [0.15, 0.2) is 5.76 Å². The molecule has 0 saturated carbocycles. The minimum Gasteiger partial charge on any atom is -0.462 e. The molecule has 0 aliphatic carbocycles. The van der Waals surface area contributed by atoms with Gasteiger partial charge in [0, 0.05) is 29.9 Å². The Bertz CT molecular complexity index is 1280. The number of rotatable bonds is 8. The summed E-state index contributed by atoms with van der Waals surface area (Å²) in [7, 11) is 3.80. The molecule has 34 heavy (non-hydrogen) atoms. The molecule has 0 atom stereocenters. The molecule has 178 valence electrons. The van der Waals surface area contributed by atoms with Crippen molar-refractivity contribution in [2.75, 3.05) is 27.2 Å². The number of furan rings is 1. The number of fused-ring (bicyclic) bond motifs is 1. The number of aromatic nitrogens is 4. The Morgan fingerprint density at radius 3 is 2.59 bits per heavy atom. The van der Waals surface area contributed by atoms with Crippen molar-refractivity contribution in [1.29, 1.82) is 0 Å². The highest BCUT2D eigenvalue weighted by molar-refractivity contribution is 5.99. The number of hydrogen-bond acceptors (Lipinski definition) is 9. The van der Waals surface area contributed by atoms with E-state index < -0.39 is 12.1 Å². The first-order chi connectivity index (χ1) is 16.2. The number of nitrogens with one attached hydrogen (secondary N) is 1. The van der Waals surface area contributed by atoms with Gasteiger partial charge >= 0.3 is 18.1 Å². The zero-order chi connectivity index (χ0) is 24.3. The summed E-state index contributed by atoms with van der Waals surface area (Å²) in [6.45, 7) is 0.720. The molecule has 0 saturated heterocycles. The molecule has 0 spiro atoms. The summed E-state index contributed by atoms with van der Waals surface area (Å²) in [6, 6.07) is 7.38. The van der Waals surface area contributed by atoms with Crippen molar-refractivity contribution in [1.82, 2.24) is 30.3 Å². The summed E-state index contributed by atoms with van der Waals surface area (Å²) in [4.78, 5) is 25.7. The summed E-state index contributed by atoms with van der Waals surface area (Å²) in [5.74, 6) is -1.92. The van der Waals surface area contributed by atoms with E-state index in [1.165, 1.54) is 12.4 Å². The fourth-order valence-corrected chi connectivity index (χ4v) is 3.10. The topological polar surface area (TPSA) is 119 Å². The third-order valence-corrected chi connectivity index (χ3v) is 4.55. The van der Waals surface area contributed by atoms with E-state index >= 15 is 0 Å². The summed E-state index contributed by atoms with van der Waals surface area (Å²) >= 11 is 0. The van der Waals surface area contributed by atoms with Crippen LogP contribution in [0.15, 0.2) is 45.6 Å². The highest BCUT2D eigenvalue weighted by Crippen LogP contribution is 2.29. The first-order valence-corrected chi connectivity index (χ1v) is 10.0. The molecule has 0 unspecified atom stereocenters. The van der Waals surface area contributed by atoms with Crippen LogP contribution < -0.4 is 10.1 Å². The van der Waals surface area contributed by atoms with Crippen LogP contribution >= 0.6 is 0 Å². The molecule has 1 N–H and O–H groups in total. The molecule has 3 aromatic heterocycles. The summed E-state index contributed by atoms with van der Waals surface area (Å²) in [5.41, 5.74) is 1.53. The quantitative estimate of drug-likeness (QED) is 0.383. The molecule has 0 aliphatic rings. The van der Waals surface area contributed by atoms with E-state index in [1.54, 1.807) is 6.07 Å². The Labute approximate surface area is 190 Å². The fraction of sp³-hybridized carbons (Fsp3) is 0.286. The molecule has 1 aromatic carbocycles. The van der Waals surface area contributed by atoms with Crippen molar-refractivity contribution in [2.45, 2.75) is 12.7 Å². The van der Waals surface area contributed by atoms with Crippen molar-refractivity contribution in [3.8, 4) is 17.4 Å². The lowest BCUT2D eigenvalue weighted by Gasteiger charge is -2.10. The number of para-hydroxylation sites is 1. The van der Waals surface area contributed by atoms with Crippen LogP contribution in [0.25, 0.3) is 22.4 Å². The van der Waals surface area contributed by atoms with Gasteiger partial charge in [0.2, 0.25) is 5.82 Å². The Kier molecular flexibility index (Phi) is 6.45. The van der Waals surface area contributed by atoms with Gasteiger partial charge in [0.25, 0.3) is 5.91 Å². The van der Waals surface area contributed by atoms with Crippen LogP contribution in [0.5, 0.6) is 6.01 Å². The summed E-state index contributed by atoms with van der Waals surface area (Å²) in [6.07, 6.45) is -2.34. The summed E-state index contributed by atoms with van der Waals surface area (Å²) in [5, 5.41) is 6.86. The van der Waals surface area contributed by atoms with Gasteiger partial charge in [-0.3, -0.25) is 4.79 Å². The van der Waals surface area contributed by atoms with Crippen molar-refractivity contribution in [2.24, 2.45) is 0 Å². The largest absolute Gasteiger partial charge is 0.471 e. The van der Waals surface area contributed by atoms with E-state index in [1.807, 2.05) is 37.2 Å². The van der Waals surface area contributed by atoms with Crippen LogP contribution in [-0.4, -0.2) is 58.2 Å². The van der Waals surface area contributed by atoms with Crippen LogP contribution in [-0.2, 0) is 12.7 Å². The molecule has 4 rings (SSSR count). The fourth-order valence-electron chi connectivity index (χ4n) is 3.10. The van der Waals surface area contributed by atoms with Gasteiger partial charge in [0.1, 0.15) is 12.2 Å². The second kappa shape index (κ2) is 9.47. The molecule has 4 aromatic rings. The SMILES string of the molecule is CN(C)Cc1c(C(=O)NCCOc2ncc(-c3noc(C(F)(F)F)n3)cn2)oc2ccccc12. The van der Waals surface area contributed by atoms with E-state index in [0.717, 1.165) is 10.9 Å². The maximum atomic E-state index is 12.7. The van der Waals surface area contributed by atoms with E-state index in [4.69, 9.17) is 9.15 Å². The maximum Gasteiger partial charge on any atom is 0.471 e. The van der Waals surface area contributed by atoms with Crippen molar-refractivity contribution < 1.29 is 31.6 Å². The van der Waals surface area contributed by atoms with Crippen LogP contribution in [0.3, 0.4) is 0 Å².